The molecule has 2 atom stereocenters. The van der Waals surface area contributed by atoms with E-state index in [-0.39, 0.29) is 17.9 Å². The first-order valence-electron chi connectivity index (χ1n) is 13.3. The molecule has 10 nitrogen and oxygen atoms in total. The van der Waals surface area contributed by atoms with Gasteiger partial charge in [-0.1, -0.05) is 11.6 Å². The van der Waals surface area contributed by atoms with Gasteiger partial charge in [-0.25, -0.2) is 9.78 Å². The Morgan fingerprint density at radius 3 is 2.62 bits per heavy atom. The Balaban J connectivity index is 1.42. The summed E-state index contributed by atoms with van der Waals surface area (Å²) in [5.74, 6) is 1.25. The Bertz CT molecular complexity index is 1320. The summed E-state index contributed by atoms with van der Waals surface area (Å²) in [4.78, 5) is 48.9. The van der Waals surface area contributed by atoms with Crippen LogP contribution in [0.2, 0.25) is 0 Å². The highest BCUT2D eigenvalue weighted by molar-refractivity contribution is 5.91. The lowest BCUT2D eigenvalue weighted by atomic mass is 9.64. The van der Waals surface area contributed by atoms with Crippen molar-refractivity contribution in [1.82, 2.24) is 20.0 Å². The topological polar surface area (TPSA) is 128 Å². The molecule has 1 N–H and O–H groups in total. The van der Waals surface area contributed by atoms with E-state index in [0.29, 0.717) is 61.1 Å². The lowest BCUT2D eigenvalue weighted by Gasteiger charge is -2.40. The second kappa shape index (κ2) is 8.51. The third-order valence-corrected chi connectivity index (χ3v) is 8.38. The number of aromatic nitrogens is 3. The maximum Gasteiger partial charge on any atom is 0.410 e. The molecule has 1 saturated heterocycles. The highest BCUT2D eigenvalue weighted by Gasteiger charge is 2.50. The minimum Gasteiger partial charge on any atom is -0.444 e. The van der Waals surface area contributed by atoms with Gasteiger partial charge in [0.2, 0.25) is 0 Å². The fraction of sp³-hybridized carbons (Fsp3) is 0.667. The fourth-order valence-electron chi connectivity index (χ4n) is 6.64. The molecule has 2 fully saturated rings. The molecule has 198 valence electrons. The Morgan fingerprint density at radius 1 is 1.08 bits per heavy atom. The number of H-pyrrole nitrogens is 1. The molecule has 1 amide bonds. The van der Waals surface area contributed by atoms with Crippen LogP contribution in [-0.4, -0.2) is 57.3 Å². The predicted molar refractivity (Wildman–Crippen MR) is 132 cm³/mol. The molecule has 0 radical (unpaired) electrons. The molecular weight excluding hydrogens is 476 g/mol. The maximum absolute atomic E-state index is 13.5. The molecule has 0 unspecified atom stereocenters. The molecule has 1 saturated carbocycles. The molecule has 0 bridgehead atoms. The number of Topliss-reactive ketones (excluding diaryl/α,β-unsaturated/α-hetero) is 1. The summed E-state index contributed by atoms with van der Waals surface area (Å²) in [6, 6.07) is 0. The first kappa shape index (κ1) is 24.3. The van der Waals surface area contributed by atoms with E-state index in [1.165, 1.54) is 0 Å². The van der Waals surface area contributed by atoms with E-state index in [1.807, 2.05) is 20.8 Å². The van der Waals surface area contributed by atoms with Gasteiger partial charge in [0.05, 0.1) is 35.2 Å². The summed E-state index contributed by atoms with van der Waals surface area (Å²) >= 11 is 0. The summed E-state index contributed by atoms with van der Waals surface area (Å²) < 4.78 is 17.2. The van der Waals surface area contributed by atoms with Crippen molar-refractivity contribution in [3.63, 3.8) is 0 Å². The average Bonchev–Trinajstić information content (AvgIpc) is 3.49. The van der Waals surface area contributed by atoms with Crippen LogP contribution in [-0.2, 0) is 38.1 Å². The maximum atomic E-state index is 13.5. The molecule has 6 rings (SSSR count). The van der Waals surface area contributed by atoms with Gasteiger partial charge in [0.25, 0.3) is 5.56 Å². The zero-order valence-corrected chi connectivity index (χ0v) is 21.8. The van der Waals surface area contributed by atoms with Crippen molar-refractivity contribution < 1.29 is 23.6 Å². The van der Waals surface area contributed by atoms with E-state index in [4.69, 9.17) is 19.0 Å². The molecule has 4 aliphatic rings. The summed E-state index contributed by atoms with van der Waals surface area (Å²) in [6.07, 6.45) is 5.82. The fourth-order valence-corrected chi connectivity index (χ4v) is 6.64. The Kier molecular flexibility index (Phi) is 5.60. The molecule has 2 spiro atoms. The molecule has 37 heavy (non-hydrogen) atoms. The Morgan fingerprint density at radius 2 is 1.89 bits per heavy atom. The summed E-state index contributed by atoms with van der Waals surface area (Å²) in [5.41, 5.74) is 0.341. The normalized spacial score (nSPS) is 27.4. The van der Waals surface area contributed by atoms with Gasteiger partial charge in [-0.15, -0.1) is 0 Å². The van der Waals surface area contributed by atoms with Gasteiger partial charge in [0.1, 0.15) is 11.4 Å². The number of fused-ring (bicyclic) bond motifs is 4. The van der Waals surface area contributed by atoms with Gasteiger partial charge in [-0.2, -0.15) is 0 Å². The smallest absolute Gasteiger partial charge is 0.410 e. The van der Waals surface area contributed by atoms with Crippen LogP contribution in [0.3, 0.4) is 0 Å². The highest BCUT2D eigenvalue weighted by Crippen LogP contribution is 2.47. The van der Waals surface area contributed by atoms with Gasteiger partial charge in [-0.05, 0) is 59.3 Å². The van der Waals surface area contributed by atoms with Crippen LogP contribution < -0.4 is 5.56 Å². The van der Waals surface area contributed by atoms with Crippen molar-refractivity contribution >= 4 is 11.9 Å². The number of nitrogens with zero attached hydrogens (tertiary/aromatic N) is 3. The number of hydrogen-bond acceptors (Lipinski definition) is 8. The van der Waals surface area contributed by atoms with Crippen molar-refractivity contribution in [2.24, 2.45) is 0 Å². The minimum atomic E-state index is -0.644. The van der Waals surface area contributed by atoms with Crippen molar-refractivity contribution in [2.75, 3.05) is 19.8 Å². The number of ketones is 1. The number of rotatable bonds is 1. The number of aromatic amines is 1. The first-order chi connectivity index (χ1) is 17.6. The molecule has 2 aliphatic heterocycles. The number of hydrogen-bond donors (Lipinski definition) is 1. The summed E-state index contributed by atoms with van der Waals surface area (Å²) in [6.45, 7) is 6.83. The second-order valence-electron chi connectivity index (χ2n) is 12.1. The summed E-state index contributed by atoms with van der Waals surface area (Å²) in [7, 11) is 0. The molecule has 2 aromatic rings. The van der Waals surface area contributed by atoms with Gasteiger partial charge in [0.15, 0.2) is 17.3 Å². The van der Waals surface area contributed by atoms with Crippen LogP contribution in [0.1, 0.15) is 88.3 Å². The van der Waals surface area contributed by atoms with E-state index < -0.39 is 22.5 Å². The molecule has 0 aromatic carbocycles. The van der Waals surface area contributed by atoms with Gasteiger partial charge in [-0.3, -0.25) is 9.59 Å². The van der Waals surface area contributed by atoms with E-state index in [2.05, 4.69) is 10.1 Å². The first-order valence-corrected chi connectivity index (χ1v) is 13.3. The van der Waals surface area contributed by atoms with E-state index >= 15 is 0 Å². The summed E-state index contributed by atoms with van der Waals surface area (Å²) in [5, 5.41) is 4.36. The van der Waals surface area contributed by atoms with Crippen molar-refractivity contribution in [1.29, 1.82) is 0 Å². The highest BCUT2D eigenvalue weighted by atomic mass is 16.6. The SMILES string of the molecule is CC(C)(C)OC(=O)N1Cc2c(nc(-c3noc4c3CCC[C@@]43CCCCC3=O)[nH]c2=O)[C@]2(CCOC2)C1. The molecule has 4 heterocycles. The number of carbonyl (C=O) groups excluding carboxylic acids is 2. The molecule has 10 heteroatoms. The zero-order chi connectivity index (χ0) is 26.0. The number of ether oxygens (including phenoxy) is 2. The zero-order valence-electron chi connectivity index (χ0n) is 21.8. The van der Waals surface area contributed by atoms with Gasteiger partial charge < -0.3 is 23.9 Å². The van der Waals surface area contributed by atoms with E-state index in [0.717, 1.165) is 44.1 Å². The minimum absolute atomic E-state index is 0.114. The monoisotopic (exact) mass is 510 g/mol. The Labute approximate surface area is 215 Å². The van der Waals surface area contributed by atoms with Gasteiger partial charge >= 0.3 is 6.09 Å². The average molecular weight is 511 g/mol. The van der Waals surface area contributed by atoms with Crippen LogP contribution in [0, 0.1) is 0 Å². The number of nitrogens with one attached hydrogen (secondary N) is 1. The lowest BCUT2D eigenvalue weighted by molar-refractivity contribution is -0.128. The standard InChI is InChI=1S/C27H34N4O6/c1-25(2,3)36-24(34)31-13-17-20(26(14-31)11-12-35-15-26)28-22(29-23(17)33)19-16-7-6-10-27(21(16)37-30-19)9-5-4-8-18(27)32/h4-15H2,1-3H3,(H,28,29,33)/t26-,27-/m1/s1. The van der Waals surface area contributed by atoms with Crippen LogP contribution in [0.15, 0.2) is 9.32 Å². The van der Waals surface area contributed by atoms with Crippen LogP contribution in [0.5, 0.6) is 0 Å². The molecular formula is C27H34N4O6. The molecule has 2 aromatic heterocycles. The quantitative estimate of drug-likeness (QED) is 0.617. The largest absolute Gasteiger partial charge is 0.444 e. The lowest BCUT2D eigenvalue weighted by Crippen LogP contribution is -2.52. The second-order valence-corrected chi connectivity index (χ2v) is 12.1. The van der Waals surface area contributed by atoms with Crippen LogP contribution in [0.25, 0.3) is 11.5 Å². The van der Waals surface area contributed by atoms with Crippen LogP contribution in [0.4, 0.5) is 4.79 Å². The third-order valence-electron chi connectivity index (χ3n) is 8.38. The van der Waals surface area contributed by atoms with E-state index in [1.54, 1.807) is 4.90 Å². The van der Waals surface area contributed by atoms with Crippen molar-refractivity contribution in [3.05, 3.63) is 32.9 Å². The van der Waals surface area contributed by atoms with Crippen LogP contribution >= 0.6 is 0 Å². The van der Waals surface area contributed by atoms with Crippen molar-refractivity contribution in [3.8, 4) is 11.5 Å². The van der Waals surface area contributed by atoms with E-state index in [9.17, 15) is 14.4 Å². The van der Waals surface area contributed by atoms with Gasteiger partial charge in [0, 0.05) is 25.1 Å². The number of amides is 1. The predicted octanol–water partition coefficient (Wildman–Crippen LogP) is 3.55. The Hall–Kier alpha value is -3.01. The third kappa shape index (κ3) is 3.91. The molecule has 2 aliphatic carbocycles. The van der Waals surface area contributed by atoms with Crippen molar-refractivity contribution in [2.45, 2.75) is 95.1 Å². The number of carbonyl (C=O) groups is 2.